The minimum absolute atomic E-state index is 0.0899. The maximum absolute atomic E-state index is 11.7. The van der Waals surface area contributed by atoms with Crippen molar-refractivity contribution in [1.82, 2.24) is 15.6 Å². The summed E-state index contributed by atoms with van der Waals surface area (Å²) < 4.78 is 0. The van der Waals surface area contributed by atoms with Gasteiger partial charge in [0.1, 0.15) is 6.04 Å². The lowest BCUT2D eigenvalue weighted by Gasteiger charge is -2.23. The number of aromatic nitrogens is 1. The topological polar surface area (TPSA) is 83.1 Å². The summed E-state index contributed by atoms with van der Waals surface area (Å²) in [5, 5.41) is 8.21. The molecule has 0 bridgehead atoms. The molecule has 6 nitrogen and oxygen atoms in total. The van der Waals surface area contributed by atoms with Crippen molar-refractivity contribution in [3.63, 3.8) is 0 Å². The van der Waals surface area contributed by atoms with Gasteiger partial charge in [-0.25, -0.2) is 0 Å². The van der Waals surface area contributed by atoms with Crippen LogP contribution in [0.15, 0.2) is 24.5 Å². The zero-order chi connectivity index (χ0) is 11.4. The number of carbonyl (C=O) groups excluding carboxylic acids is 2. The van der Waals surface area contributed by atoms with Crippen LogP contribution >= 0.6 is 0 Å². The number of piperazine rings is 1. The summed E-state index contributed by atoms with van der Waals surface area (Å²) in [4.78, 5) is 26.5. The van der Waals surface area contributed by atoms with Crippen molar-refractivity contribution in [2.45, 2.75) is 6.04 Å². The van der Waals surface area contributed by atoms with Gasteiger partial charge in [0, 0.05) is 24.6 Å². The van der Waals surface area contributed by atoms with Gasteiger partial charge >= 0.3 is 0 Å². The van der Waals surface area contributed by atoms with E-state index in [1.807, 2.05) is 0 Å². The minimum Gasteiger partial charge on any atom is -0.353 e. The number of amides is 2. The van der Waals surface area contributed by atoms with E-state index >= 15 is 0 Å². The Morgan fingerprint density at radius 1 is 1.44 bits per heavy atom. The molecule has 2 rings (SSSR count). The van der Waals surface area contributed by atoms with Gasteiger partial charge in [0.05, 0.1) is 6.54 Å². The third-order valence-electron chi connectivity index (χ3n) is 2.28. The normalized spacial score (nSPS) is 20.0. The number of hydrogen-bond acceptors (Lipinski definition) is 4. The van der Waals surface area contributed by atoms with Crippen molar-refractivity contribution in [3.05, 3.63) is 24.5 Å². The summed E-state index contributed by atoms with van der Waals surface area (Å²) >= 11 is 0. The minimum atomic E-state index is -0.383. The first-order chi connectivity index (χ1) is 7.75. The number of hydrogen-bond donors (Lipinski definition) is 3. The SMILES string of the molecule is O=C1CNC(C(=O)Nc2ccncc2)CN1. The van der Waals surface area contributed by atoms with E-state index in [-0.39, 0.29) is 24.4 Å². The van der Waals surface area contributed by atoms with Gasteiger partial charge in [-0.05, 0) is 12.1 Å². The van der Waals surface area contributed by atoms with E-state index in [1.165, 1.54) is 0 Å². The van der Waals surface area contributed by atoms with E-state index in [0.29, 0.717) is 12.2 Å². The summed E-state index contributed by atoms with van der Waals surface area (Å²) in [5.74, 6) is -0.251. The van der Waals surface area contributed by atoms with Gasteiger partial charge in [-0.15, -0.1) is 0 Å². The molecular formula is C10H12N4O2. The first kappa shape index (κ1) is 10.6. The number of rotatable bonds is 2. The Balaban J connectivity index is 1.91. The van der Waals surface area contributed by atoms with Crippen LogP contribution in [-0.4, -0.2) is 35.9 Å². The number of nitrogens with zero attached hydrogens (tertiary/aromatic N) is 1. The van der Waals surface area contributed by atoms with Crippen molar-refractivity contribution in [1.29, 1.82) is 0 Å². The molecule has 84 valence electrons. The maximum Gasteiger partial charge on any atom is 0.243 e. The molecule has 0 saturated carbocycles. The van der Waals surface area contributed by atoms with E-state index < -0.39 is 0 Å². The van der Waals surface area contributed by atoms with E-state index in [1.54, 1.807) is 24.5 Å². The highest BCUT2D eigenvalue weighted by atomic mass is 16.2. The highest BCUT2D eigenvalue weighted by Crippen LogP contribution is 2.04. The van der Waals surface area contributed by atoms with Crippen LogP contribution in [0.4, 0.5) is 5.69 Å². The Morgan fingerprint density at radius 3 is 2.81 bits per heavy atom. The number of carbonyl (C=O) groups is 2. The van der Waals surface area contributed by atoms with Crippen LogP contribution in [-0.2, 0) is 9.59 Å². The fourth-order valence-electron chi connectivity index (χ4n) is 1.42. The lowest BCUT2D eigenvalue weighted by Crippen LogP contribution is -2.56. The Bertz CT molecular complexity index is 383. The van der Waals surface area contributed by atoms with Crippen LogP contribution in [0.3, 0.4) is 0 Å². The van der Waals surface area contributed by atoms with Gasteiger partial charge in [0.15, 0.2) is 0 Å². The molecule has 0 aliphatic carbocycles. The van der Waals surface area contributed by atoms with Gasteiger partial charge in [0.2, 0.25) is 11.8 Å². The standard InChI is InChI=1S/C10H12N4O2/c15-9-6-12-8(5-13-9)10(16)14-7-1-3-11-4-2-7/h1-4,8,12H,5-6H2,(H,13,15)(H,11,14,16). The van der Waals surface area contributed by atoms with Crippen LogP contribution in [0.5, 0.6) is 0 Å². The molecule has 1 atom stereocenters. The van der Waals surface area contributed by atoms with Crippen molar-refractivity contribution < 1.29 is 9.59 Å². The summed E-state index contributed by atoms with van der Waals surface area (Å²) in [7, 11) is 0. The second kappa shape index (κ2) is 4.71. The molecule has 1 aliphatic heterocycles. The lowest BCUT2D eigenvalue weighted by molar-refractivity contribution is -0.124. The number of pyridine rings is 1. The van der Waals surface area contributed by atoms with Crippen LogP contribution < -0.4 is 16.0 Å². The fourth-order valence-corrected chi connectivity index (χ4v) is 1.42. The van der Waals surface area contributed by atoms with Gasteiger partial charge < -0.3 is 10.6 Å². The van der Waals surface area contributed by atoms with E-state index in [0.717, 1.165) is 0 Å². The first-order valence-corrected chi connectivity index (χ1v) is 4.96. The Labute approximate surface area is 92.4 Å². The molecule has 1 aliphatic rings. The zero-order valence-corrected chi connectivity index (χ0v) is 8.56. The van der Waals surface area contributed by atoms with Crippen molar-refractivity contribution >= 4 is 17.5 Å². The number of anilines is 1. The molecule has 0 spiro atoms. The summed E-state index contributed by atoms with van der Waals surface area (Å²) in [6.07, 6.45) is 3.21. The molecule has 1 aromatic rings. The van der Waals surface area contributed by atoms with Gasteiger partial charge in [-0.3, -0.25) is 19.9 Å². The first-order valence-electron chi connectivity index (χ1n) is 4.96. The molecule has 1 fully saturated rings. The third kappa shape index (κ3) is 2.54. The average molecular weight is 220 g/mol. The largest absolute Gasteiger partial charge is 0.353 e. The monoisotopic (exact) mass is 220 g/mol. The fraction of sp³-hybridized carbons (Fsp3) is 0.300. The summed E-state index contributed by atoms with van der Waals surface area (Å²) in [5.41, 5.74) is 0.693. The number of nitrogens with one attached hydrogen (secondary N) is 3. The molecule has 3 N–H and O–H groups in total. The molecule has 0 aromatic carbocycles. The second-order valence-electron chi connectivity index (χ2n) is 3.46. The van der Waals surface area contributed by atoms with Gasteiger partial charge in [-0.1, -0.05) is 0 Å². The quantitative estimate of drug-likeness (QED) is 0.603. The lowest BCUT2D eigenvalue weighted by atomic mass is 10.2. The highest BCUT2D eigenvalue weighted by molar-refractivity contribution is 5.96. The van der Waals surface area contributed by atoms with Crippen LogP contribution in [0.1, 0.15) is 0 Å². The predicted octanol–water partition coefficient (Wildman–Crippen LogP) is -0.892. The molecule has 1 saturated heterocycles. The van der Waals surface area contributed by atoms with Crippen LogP contribution in [0.2, 0.25) is 0 Å². The van der Waals surface area contributed by atoms with Gasteiger partial charge in [-0.2, -0.15) is 0 Å². The van der Waals surface area contributed by atoms with Crippen molar-refractivity contribution in [3.8, 4) is 0 Å². The molecular weight excluding hydrogens is 208 g/mol. The Hall–Kier alpha value is -1.95. The highest BCUT2D eigenvalue weighted by Gasteiger charge is 2.23. The smallest absolute Gasteiger partial charge is 0.243 e. The zero-order valence-electron chi connectivity index (χ0n) is 8.56. The predicted molar refractivity (Wildman–Crippen MR) is 57.7 cm³/mol. The summed E-state index contributed by atoms with van der Waals surface area (Å²) in [6, 6.07) is 3.03. The maximum atomic E-state index is 11.7. The second-order valence-corrected chi connectivity index (χ2v) is 3.46. The van der Waals surface area contributed by atoms with Crippen LogP contribution in [0, 0.1) is 0 Å². The summed E-state index contributed by atoms with van der Waals surface area (Å²) in [6.45, 7) is 0.490. The molecule has 6 heteroatoms. The molecule has 1 unspecified atom stereocenters. The molecule has 1 aromatic heterocycles. The van der Waals surface area contributed by atoms with E-state index in [9.17, 15) is 9.59 Å². The Morgan fingerprint density at radius 2 is 2.19 bits per heavy atom. The van der Waals surface area contributed by atoms with E-state index in [2.05, 4.69) is 20.9 Å². The molecule has 0 radical (unpaired) electrons. The van der Waals surface area contributed by atoms with E-state index in [4.69, 9.17) is 0 Å². The molecule has 2 amide bonds. The Kier molecular flexibility index (Phi) is 3.11. The average Bonchev–Trinajstić information content (AvgIpc) is 2.31. The molecule has 2 heterocycles. The van der Waals surface area contributed by atoms with Crippen molar-refractivity contribution in [2.24, 2.45) is 0 Å². The third-order valence-corrected chi connectivity index (χ3v) is 2.28. The van der Waals surface area contributed by atoms with Gasteiger partial charge in [0.25, 0.3) is 0 Å². The van der Waals surface area contributed by atoms with Crippen molar-refractivity contribution in [2.75, 3.05) is 18.4 Å². The van der Waals surface area contributed by atoms with Crippen LogP contribution in [0.25, 0.3) is 0 Å². The molecule has 16 heavy (non-hydrogen) atoms.